The molecule has 2 aromatic carbocycles. The number of hydrogen-bond donors (Lipinski definition) is 3. The average Bonchev–Trinajstić information content (AvgIpc) is 3.26. The van der Waals surface area contributed by atoms with E-state index in [0.717, 1.165) is 58.6 Å². The molecule has 4 N–H and O–H groups in total. The monoisotopic (exact) mass is 497 g/mol. The van der Waals surface area contributed by atoms with Gasteiger partial charge in [0.25, 0.3) is 5.91 Å². The van der Waals surface area contributed by atoms with Gasteiger partial charge < -0.3 is 21.1 Å². The Morgan fingerprint density at radius 2 is 1.89 bits per heavy atom. The van der Waals surface area contributed by atoms with Gasteiger partial charge in [-0.1, -0.05) is 32.0 Å². The van der Waals surface area contributed by atoms with E-state index in [4.69, 9.17) is 15.5 Å². The summed E-state index contributed by atoms with van der Waals surface area (Å²) in [4.78, 5) is 22.8. The summed E-state index contributed by atoms with van der Waals surface area (Å²) in [6.07, 6.45) is 4.92. The summed E-state index contributed by atoms with van der Waals surface area (Å²) in [6.45, 7) is 4.19. The summed E-state index contributed by atoms with van der Waals surface area (Å²) >= 11 is 0. The van der Waals surface area contributed by atoms with Crippen molar-refractivity contribution in [2.75, 3.05) is 23.5 Å². The topological polar surface area (TPSA) is 120 Å². The highest BCUT2D eigenvalue weighted by Crippen LogP contribution is 2.36. The van der Waals surface area contributed by atoms with Crippen molar-refractivity contribution in [2.45, 2.75) is 39.5 Å². The largest absolute Gasteiger partial charge is 0.494 e. The maximum Gasteiger partial charge on any atom is 0.276 e. The van der Waals surface area contributed by atoms with Crippen molar-refractivity contribution in [1.82, 2.24) is 19.7 Å². The van der Waals surface area contributed by atoms with Crippen molar-refractivity contribution in [3.63, 3.8) is 0 Å². The molecule has 0 atom stereocenters. The van der Waals surface area contributed by atoms with E-state index in [1.165, 1.54) is 0 Å². The smallest absolute Gasteiger partial charge is 0.276 e. The molecular formula is C28H31N7O2. The lowest BCUT2D eigenvalue weighted by Crippen LogP contribution is -2.18. The van der Waals surface area contributed by atoms with Crippen LogP contribution in [0.4, 0.5) is 23.0 Å². The third-order valence-electron chi connectivity index (χ3n) is 6.80. The Labute approximate surface area is 216 Å². The van der Waals surface area contributed by atoms with E-state index in [1.807, 2.05) is 25.4 Å². The highest BCUT2D eigenvalue weighted by Gasteiger charge is 2.29. The predicted molar refractivity (Wildman–Crippen MR) is 145 cm³/mol. The van der Waals surface area contributed by atoms with Gasteiger partial charge in [0.1, 0.15) is 5.75 Å². The number of benzene rings is 2. The van der Waals surface area contributed by atoms with E-state index in [1.54, 1.807) is 23.9 Å². The van der Waals surface area contributed by atoms with Gasteiger partial charge in [0.2, 0.25) is 5.95 Å². The molecule has 0 saturated heterocycles. The number of nitrogens with zero attached hydrogens (tertiary/aromatic N) is 4. The fourth-order valence-electron chi connectivity index (χ4n) is 4.91. The van der Waals surface area contributed by atoms with Crippen LogP contribution in [0.3, 0.4) is 0 Å². The average molecular weight is 498 g/mol. The Kier molecular flexibility index (Phi) is 6.52. The van der Waals surface area contributed by atoms with Crippen LogP contribution in [0, 0.1) is 0 Å². The van der Waals surface area contributed by atoms with Crippen molar-refractivity contribution in [2.24, 2.45) is 7.05 Å². The van der Waals surface area contributed by atoms with Crippen LogP contribution in [0.15, 0.2) is 42.6 Å². The van der Waals surface area contributed by atoms with Crippen LogP contribution >= 0.6 is 0 Å². The van der Waals surface area contributed by atoms with E-state index < -0.39 is 0 Å². The molecule has 0 fully saturated rings. The SMILES string of the molecule is CCc1cccc(CC)c1NC(=O)c1nn(C)c2c1CCc1cnc(Nc3ccc(N)cc3OC)nc1-2. The van der Waals surface area contributed by atoms with E-state index in [-0.39, 0.29) is 5.91 Å². The van der Waals surface area contributed by atoms with Gasteiger partial charge in [-0.15, -0.1) is 0 Å². The second kappa shape index (κ2) is 9.93. The van der Waals surface area contributed by atoms with Gasteiger partial charge in [-0.3, -0.25) is 9.48 Å². The van der Waals surface area contributed by atoms with E-state index in [2.05, 4.69) is 46.7 Å². The van der Waals surface area contributed by atoms with Crippen LogP contribution in [0.5, 0.6) is 5.75 Å². The second-order valence-electron chi connectivity index (χ2n) is 9.06. The maximum atomic E-state index is 13.5. The normalized spacial score (nSPS) is 12.0. The second-order valence-corrected chi connectivity index (χ2v) is 9.06. The van der Waals surface area contributed by atoms with Gasteiger partial charge in [0, 0.05) is 36.2 Å². The molecule has 0 bridgehead atoms. The number of nitrogens with two attached hydrogens (primary N) is 1. The fraction of sp³-hybridized carbons (Fsp3) is 0.286. The molecule has 0 radical (unpaired) electrons. The van der Waals surface area contributed by atoms with Crippen molar-refractivity contribution >= 4 is 28.9 Å². The molecule has 1 aliphatic rings. The number of aromatic nitrogens is 4. The summed E-state index contributed by atoms with van der Waals surface area (Å²) in [5.41, 5.74) is 14.3. The van der Waals surface area contributed by atoms with Gasteiger partial charge in [0.15, 0.2) is 5.69 Å². The molecule has 0 aliphatic heterocycles. The Bertz CT molecular complexity index is 1470. The lowest BCUT2D eigenvalue weighted by Gasteiger charge is -2.18. The van der Waals surface area contributed by atoms with Gasteiger partial charge in [-0.2, -0.15) is 5.10 Å². The first-order valence-electron chi connectivity index (χ1n) is 12.5. The highest BCUT2D eigenvalue weighted by molar-refractivity contribution is 6.06. The Hall–Kier alpha value is -4.40. The van der Waals surface area contributed by atoms with E-state index in [0.29, 0.717) is 35.2 Å². The minimum absolute atomic E-state index is 0.199. The Balaban J connectivity index is 1.49. The zero-order chi connectivity index (χ0) is 26.1. The van der Waals surface area contributed by atoms with E-state index >= 15 is 0 Å². The number of anilines is 4. The number of carbonyl (C=O) groups excluding carboxylic acids is 1. The number of hydrogen-bond acceptors (Lipinski definition) is 7. The molecule has 2 aromatic heterocycles. The van der Waals surface area contributed by atoms with Crippen molar-refractivity contribution in [3.05, 3.63) is 70.5 Å². The number of methoxy groups -OCH3 is 1. The van der Waals surface area contributed by atoms with Crippen LogP contribution in [0.25, 0.3) is 11.4 Å². The standard InChI is InChI=1S/C28H31N7O2/c1-5-16-8-7-9-17(6-2)23(16)32-27(36)25-20-12-10-18-15-30-28(33-24(18)26(20)35(3)34-25)31-21-13-11-19(29)14-22(21)37-4/h7-9,11,13-15H,5-6,10,12,29H2,1-4H3,(H,32,36)(H,30,31,33). The summed E-state index contributed by atoms with van der Waals surface area (Å²) < 4.78 is 7.19. The quantitative estimate of drug-likeness (QED) is 0.317. The molecule has 37 heavy (non-hydrogen) atoms. The Morgan fingerprint density at radius 1 is 1.14 bits per heavy atom. The van der Waals surface area contributed by atoms with E-state index in [9.17, 15) is 4.79 Å². The lowest BCUT2D eigenvalue weighted by molar-refractivity contribution is 0.102. The minimum atomic E-state index is -0.199. The molecular weight excluding hydrogens is 466 g/mol. The summed E-state index contributed by atoms with van der Waals surface area (Å²) in [5.74, 6) is 0.821. The van der Waals surface area contributed by atoms with Gasteiger partial charge >= 0.3 is 0 Å². The highest BCUT2D eigenvalue weighted by atomic mass is 16.5. The maximum absolute atomic E-state index is 13.5. The minimum Gasteiger partial charge on any atom is -0.494 e. The molecule has 1 aliphatic carbocycles. The summed E-state index contributed by atoms with van der Waals surface area (Å²) in [7, 11) is 3.44. The molecule has 9 nitrogen and oxygen atoms in total. The van der Waals surface area contributed by atoms with Crippen LogP contribution in [0.1, 0.15) is 46.6 Å². The zero-order valence-corrected chi connectivity index (χ0v) is 21.6. The summed E-state index contributed by atoms with van der Waals surface area (Å²) in [6, 6.07) is 11.5. The Morgan fingerprint density at radius 3 is 2.59 bits per heavy atom. The molecule has 9 heteroatoms. The van der Waals surface area contributed by atoms with Crippen LogP contribution in [0.2, 0.25) is 0 Å². The van der Waals surface area contributed by atoms with Crippen LogP contribution in [-0.4, -0.2) is 32.8 Å². The van der Waals surface area contributed by atoms with Gasteiger partial charge in [0.05, 0.1) is 24.2 Å². The number of ether oxygens (including phenoxy) is 1. The number of carbonyl (C=O) groups is 1. The van der Waals surface area contributed by atoms with Crippen molar-refractivity contribution < 1.29 is 9.53 Å². The first kappa shape index (κ1) is 24.3. The number of rotatable bonds is 7. The van der Waals surface area contributed by atoms with Crippen LogP contribution in [-0.2, 0) is 32.7 Å². The van der Waals surface area contributed by atoms with Crippen molar-refractivity contribution in [3.8, 4) is 17.1 Å². The molecule has 4 aromatic rings. The van der Waals surface area contributed by atoms with Crippen molar-refractivity contribution in [1.29, 1.82) is 0 Å². The van der Waals surface area contributed by atoms with Crippen LogP contribution < -0.4 is 21.1 Å². The predicted octanol–water partition coefficient (Wildman–Crippen LogP) is 4.69. The number of fused-ring (bicyclic) bond motifs is 3. The number of para-hydroxylation sites is 1. The number of amides is 1. The lowest BCUT2D eigenvalue weighted by atomic mass is 9.93. The van der Waals surface area contributed by atoms with Gasteiger partial charge in [-0.25, -0.2) is 9.97 Å². The molecule has 0 spiro atoms. The first-order chi connectivity index (χ1) is 17.9. The summed E-state index contributed by atoms with van der Waals surface area (Å²) in [5, 5.41) is 11.0. The fourth-order valence-corrected chi connectivity index (χ4v) is 4.91. The third-order valence-corrected chi connectivity index (χ3v) is 6.80. The molecule has 0 saturated carbocycles. The molecule has 1 amide bonds. The number of aryl methyl sites for hydroxylation is 4. The zero-order valence-electron chi connectivity index (χ0n) is 21.6. The number of nitrogen functional groups attached to an aromatic ring is 1. The molecule has 5 rings (SSSR count). The molecule has 2 heterocycles. The third kappa shape index (κ3) is 4.48. The first-order valence-corrected chi connectivity index (χ1v) is 12.5. The number of nitrogens with one attached hydrogen (secondary N) is 2. The molecule has 0 unspecified atom stereocenters. The molecule has 190 valence electrons. The van der Waals surface area contributed by atoms with Gasteiger partial charge in [-0.05, 0) is 54.5 Å².